The van der Waals surface area contributed by atoms with Crippen molar-refractivity contribution in [3.63, 3.8) is 0 Å². The summed E-state index contributed by atoms with van der Waals surface area (Å²) in [6.07, 6.45) is 3.24. The van der Waals surface area contributed by atoms with Gasteiger partial charge in [0, 0.05) is 64.8 Å². The first-order valence-corrected chi connectivity index (χ1v) is 13.8. The van der Waals surface area contributed by atoms with Crippen molar-refractivity contribution in [2.45, 2.75) is 6.54 Å². The molecule has 0 spiro atoms. The summed E-state index contributed by atoms with van der Waals surface area (Å²) in [4.78, 5) is 5.07. The molecule has 0 unspecified atom stereocenters. The molecular formula is C25H33N7O2S. The number of likely N-dealkylation sites (N-methyl/N-ethyl adjacent to an activating group) is 1. The molecule has 0 atom stereocenters. The van der Waals surface area contributed by atoms with Crippen LogP contribution in [0.15, 0.2) is 48.7 Å². The van der Waals surface area contributed by atoms with Gasteiger partial charge >= 0.3 is 0 Å². The Morgan fingerprint density at radius 1 is 0.943 bits per heavy atom. The van der Waals surface area contributed by atoms with Gasteiger partial charge in [-0.05, 0) is 19.2 Å². The minimum absolute atomic E-state index is 0.294. The van der Waals surface area contributed by atoms with Crippen LogP contribution in [0.25, 0.3) is 22.0 Å². The van der Waals surface area contributed by atoms with Crippen molar-refractivity contribution >= 4 is 26.3 Å². The number of nitrogens with zero attached hydrogens (tertiary/aromatic N) is 6. The van der Waals surface area contributed by atoms with E-state index in [0.29, 0.717) is 34.2 Å². The van der Waals surface area contributed by atoms with E-state index in [2.05, 4.69) is 22.3 Å². The average molecular weight is 496 g/mol. The van der Waals surface area contributed by atoms with Crippen molar-refractivity contribution in [2.75, 3.05) is 58.5 Å². The molecule has 0 aliphatic carbocycles. The van der Waals surface area contributed by atoms with E-state index in [9.17, 15) is 8.42 Å². The molecule has 9 nitrogen and oxygen atoms in total. The van der Waals surface area contributed by atoms with E-state index in [1.54, 1.807) is 5.01 Å². The minimum atomic E-state index is -3.60. The van der Waals surface area contributed by atoms with E-state index in [1.807, 2.05) is 72.0 Å². The summed E-state index contributed by atoms with van der Waals surface area (Å²) in [6, 6.07) is 13.6. The van der Waals surface area contributed by atoms with Crippen LogP contribution in [0.5, 0.6) is 0 Å². The summed E-state index contributed by atoms with van der Waals surface area (Å²) in [5.41, 5.74) is 7.07. The molecular weight excluding hydrogens is 462 g/mol. The molecule has 0 amide bonds. The van der Waals surface area contributed by atoms with Gasteiger partial charge in [0.25, 0.3) is 0 Å². The van der Waals surface area contributed by atoms with Gasteiger partial charge in [-0.1, -0.05) is 30.3 Å². The molecule has 186 valence electrons. The normalized spacial score (nSPS) is 17.5. The fourth-order valence-electron chi connectivity index (χ4n) is 4.91. The summed E-state index contributed by atoms with van der Waals surface area (Å²) in [5, 5.41) is 6.79. The van der Waals surface area contributed by atoms with Crippen molar-refractivity contribution < 1.29 is 8.42 Å². The molecule has 1 saturated heterocycles. The van der Waals surface area contributed by atoms with Gasteiger partial charge in [0.2, 0.25) is 0 Å². The van der Waals surface area contributed by atoms with E-state index in [1.165, 1.54) is 6.26 Å². The second-order valence-corrected chi connectivity index (χ2v) is 11.4. The Bertz CT molecular complexity index is 1350. The highest BCUT2D eigenvalue weighted by molar-refractivity contribution is 8.00. The molecule has 0 saturated carbocycles. The molecule has 10 heteroatoms. The number of rotatable bonds is 6. The lowest BCUT2D eigenvalue weighted by Crippen LogP contribution is -2.45. The molecule has 0 radical (unpaired) electrons. The SMILES string of the molecule is CN1CCN(CCn2nc(-c3cccn3C)c3c2NN(C)C(c2ccccc2)=C3S(C)(=O)=O)CC1. The van der Waals surface area contributed by atoms with E-state index < -0.39 is 9.84 Å². The molecule has 1 N–H and O–H groups in total. The van der Waals surface area contributed by atoms with Crippen LogP contribution in [-0.2, 0) is 23.4 Å². The van der Waals surface area contributed by atoms with E-state index in [0.717, 1.165) is 44.0 Å². The highest BCUT2D eigenvalue weighted by Gasteiger charge is 2.36. The second kappa shape index (κ2) is 9.18. The first-order valence-electron chi connectivity index (χ1n) is 11.9. The van der Waals surface area contributed by atoms with Gasteiger partial charge < -0.3 is 9.47 Å². The minimum Gasteiger partial charge on any atom is -0.349 e. The molecule has 1 fully saturated rings. The standard InChI is InChI=1S/C25H33N7O2S/c1-28-13-15-31(16-14-28)17-18-32-25-21(22(26-32)20-11-8-12-29(20)2)24(35(4,33)34)23(30(3)27-25)19-9-6-5-7-10-19/h5-12,27H,13-18H2,1-4H3. The van der Waals surface area contributed by atoms with Crippen LogP contribution in [0, 0.1) is 0 Å². The Balaban J connectivity index is 1.66. The van der Waals surface area contributed by atoms with E-state index in [-0.39, 0.29) is 0 Å². The quantitative estimate of drug-likeness (QED) is 0.562. The number of piperazine rings is 1. The molecule has 3 aromatic rings. The Morgan fingerprint density at radius 3 is 2.29 bits per heavy atom. The number of sulfone groups is 1. The molecule has 0 bridgehead atoms. The Kier molecular flexibility index (Phi) is 6.20. The van der Waals surface area contributed by atoms with E-state index in [4.69, 9.17) is 5.10 Å². The number of hydrogen-bond acceptors (Lipinski definition) is 7. The van der Waals surface area contributed by atoms with Crippen molar-refractivity contribution in [1.29, 1.82) is 0 Å². The molecule has 2 aromatic heterocycles. The van der Waals surface area contributed by atoms with E-state index >= 15 is 0 Å². The maximum absolute atomic E-state index is 13.4. The second-order valence-electron chi connectivity index (χ2n) is 9.43. The van der Waals surface area contributed by atoms with Crippen molar-refractivity contribution in [1.82, 2.24) is 29.2 Å². The molecule has 5 rings (SSSR count). The molecule has 1 aromatic carbocycles. The van der Waals surface area contributed by atoms with Gasteiger partial charge in [-0.2, -0.15) is 5.10 Å². The van der Waals surface area contributed by atoms with Crippen LogP contribution >= 0.6 is 0 Å². The van der Waals surface area contributed by atoms with Crippen molar-refractivity contribution in [3.05, 3.63) is 59.8 Å². The Labute approximate surface area is 207 Å². The monoisotopic (exact) mass is 495 g/mol. The number of hydrogen-bond donors (Lipinski definition) is 1. The predicted octanol–water partition coefficient (Wildman–Crippen LogP) is 2.28. The lowest BCUT2D eigenvalue weighted by molar-refractivity contribution is 0.149. The van der Waals surface area contributed by atoms with Crippen LogP contribution < -0.4 is 5.43 Å². The van der Waals surface area contributed by atoms with Crippen LogP contribution in [0.2, 0.25) is 0 Å². The van der Waals surface area contributed by atoms with Gasteiger partial charge in [0.15, 0.2) is 15.7 Å². The number of fused-ring (bicyclic) bond motifs is 1. The summed E-state index contributed by atoms with van der Waals surface area (Å²) >= 11 is 0. The zero-order valence-corrected chi connectivity index (χ0v) is 21.6. The maximum atomic E-state index is 13.4. The van der Waals surface area contributed by atoms with Crippen LogP contribution in [0.4, 0.5) is 5.82 Å². The summed E-state index contributed by atoms with van der Waals surface area (Å²) < 4.78 is 30.6. The molecule has 2 aliphatic rings. The first kappa shape index (κ1) is 23.7. The van der Waals surface area contributed by atoms with Gasteiger partial charge in [0.05, 0.1) is 23.5 Å². The Hall–Kier alpha value is -3.08. The smallest absolute Gasteiger partial charge is 0.178 e. The number of benzene rings is 1. The summed E-state index contributed by atoms with van der Waals surface area (Å²) in [5.74, 6) is 0.706. The van der Waals surface area contributed by atoms with Gasteiger partial charge in [-0.3, -0.25) is 15.3 Å². The lowest BCUT2D eigenvalue weighted by atomic mass is 10.0. The topological polar surface area (TPSA) is 78.6 Å². The third-order valence-electron chi connectivity index (χ3n) is 6.83. The third-order valence-corrected chi connectivity index (χ3v) is 7.97. The third kappa shape index (κ3) is 4.49. The number of aryl methyl sites for hydroxylation is 1. The highest BCUT2D eigenvalue weighted by Crippen LogP contribution is 2.44. The lowest BCUT2D eigenvalue weighted by Gasteiger charge is -2.33. The molecule has 35 heavy (non-hydrogen) atoms. The van der Waals surface area contributed by atoms with Crippen LogP contribution in [-0.4, -0.2) is 90.6 Å². The van der Waals surface area contributed by atoms with Gasteiger partial charge in [-0.15, -0.1) is 0 Å². The average Bonchev–Trinajstić information content (AvgIpc) is 3.40. The van der Waals surface area contributed by atoms with Gasteiger partial charge in [0.1, 0.15) is 10.6 Å². The fraction of sp³-hybridized carbons (Fsp3) is 0.400. The number of nitrogens with one attached hydrogen (secondary N) is 1. The maximum Gasteiger partial charge on any atom is 0.178 e. The first-order chi connectivity index (χ1) is 16.7. The highest BCUT2D eigenvalue weighted by atomic mass is 32.2. The number of aromatic nitrogens is 3. The van der Waals surface area contributed by atoms with Gasteiger partial charge in [-0.25, -0.2) is 13.1 Å². The Morgan fingerprint density at radius 2 is 1.66 bits per heavy atom. The summed E-state index contributed by atoms with van der Waals surface area (Å²) in [6.45, 7) is 5.65. The number of anilines is 1. The zero-order chi connectivity index (χ0) is 24.7. The van der Waals surface area contributed by atoms with Crippen LogP contribution in [0.3, 0.4) is 0 Å². The van der Waals surface area contributed by atoms with Crippen molar-refractivity contribution in [3.8, 4) is 11.4 Å². The number of hydrazine groups is 1. The predicted molar refractivity (Wildman–Crippen MR) is 140 cm³/mol. The molecule has 4 heterocycles. The largest absolute Gasteiger partial charge is 0.349 e. The van der Waals surface area contributed by atoms with Crippen LogP contribution in [0.1, 0.15) is 11.1 Å². The zero-order valence-electron chi connectivity index (χ0n) is 20.8. The summed E-state index contributed by atoms with van der Waals surface area (Å²) in [7, 11) is 2.36. The van der Waals surface area contributed by atoms with Crippen molar-refractivity contribution in [2.24, 2.45) is 7.05 Å². The molecule has 2 aliphatic heterocycles. The fourth-order valence-corrected chi connectivity index (χ4v) is 6.08.